The summed E-state index contributed by atoms with van der Waals surface area (Å²) in [7, 11) is 0. The molecule has 1 aromatic heterocycles. The Bertz CT molecular complexity index is 919. The summed E-state index contributed by atoms with van der Waals surface area (Å²) in [5.41, 5.74) is 5.54. The minimum Gasteiger partial charge on any atom is -0.378 e. The van der Waals surface area contributed by atoms with Crippen LogP contribution in [0.5, 0.6) is 0 Å². The van der Waals surface area contributed by atoms with Gasteiger partial charge in [0.25, 0.3) is 0 Å². The molecular weight excluding hydrogens is 314 g/mol. The van der Waals surface area contributed by atoms with Gasteiger partial charge < -0.3 is 4.74 Å². The van der Waals surface area contributed by atoms with E-state index in [9.17, 15) is 0 Å². The van der Waals surface area contributed by atoms with E-state index in [4.69, 9.17) is 9.37 Å². The van der Waals surface area contributed by atoms with Gasteiger partial charge in [0.05, 0.1) is 19.3 Å². The van der Waals surface area contributed by atoms with Crippen LogP contribution in [0, 0.1) is 0 Å². The molecule has 1 fully saturated rings. The van der Waals surface area contributed by atoms with E-state index in [0.717, 1.165) is 37.2 Å². The normalized spacial score (nSPS) is 23.6. The molecule has 2 aliphatic rings. The molecule has 126 valence electrons. The molecule has 0 N–H and O–H groups in total. The number of aromatic nitrogens is 2. The van der Waals surface area contributed by atoms with Crippen molar-refractivity contribution in [1.29, 1.82) is 0 Å². The Hall–Kier alpha value is -2.50. The maximum Gasteiger partial charge on any atom is 0.135 e. The first-order valence-electron chi connectivity index (χ1n) is 8.67. The van der Waals surface area contributed by atoms with Crippen LogP contribution in [0.3, 0.4) is 0 Å². The van der Waals surface area contributed by atoms with E-state index < -0.39 is 0 Å². The fraction of sp³-hybridized carbons (Fsp3) is 0.300. The van der Waals surface area contributed by atoms with Gasteiger partial charge in [-0.1, -0.05) is 42.5 Å². The molecule has 5 heteroatoms. The first kappa shape index (κ1) is 14.8. The molecule has 5 nitrogen and oxygen atoms in total. The third-order valence-electron chi connectivity index (χ3n) is 5.18. The second kappa shape index (κ2) is 6.10. The summed E-state index contributed by atoms with van der Waals surface area (Å²) in [6.07, 6.45) is 3.34. The van der Waals surface area contributed by atoms with Gasteiger partial charge >= 0.3 is 0 Å². The van der Waals surface area contributed by atoms with Gasteiger partial charge in [-0.05, 0) is 45.6 Å². The molecule has 0 aliphatic carbocycles. The third-order valence-corrected chi connectivity index (χ3v) is 5.18. The summed E-state index contributed by atoms with van der Waals surface area (Å²) in [6, 6.07) is 17.5. The van der Waals surface area contributed by atoms with Crippen LogP contribution >= 0.6 is 0 Å². The number of rotatable bonds is 3. The molecule has 2 unspecified atom stereocenters. The van der Waals surface area contributed by atoms with E-state index in [2.05, 4.69) is 63.8 Å². The highest BCUT2D eigenvalue weighted by molar-refractivity contribution is 5.80. The molecule has 3 heterocycles. The minimum atomic E-state index is 0.314. The molecule has 25 heavy (non-hydrogen) atoms. The van der Waals surface area contributed by atoms with Crippen molar-refractivity contribution in [3.63, 3.8) is 0 Å². The van der Waals surface area contributed by atoms with Gasteiger partial charge in [-0.15, -0.1) is 0 Å². The van der Waals surface area contributed by atoms with Crippen LogP contribution < -0.4 is 0 Å². The van der Waals surface area contributed by atoms with Gasteiger partial charge in [0.15, 0.2) is 0 Å². The van der Waals surface area contributed by atoms with Crippen molar-refractivity contribution in [2.24, 2.45) is 0 Å². The summed E-state index contributed by atoms with van der Waals surface area (Å²) in [5.74, 6) is 0. The van der Waals surface area contributed by atoms with Gasteiger partial charge in [-0.2, -0.15) is 0 Å². The topological polar surface area (TPSA) is 51.4 Å². The average Bonchev–Trinajstić information content (AvgIpc) is 3.10. The molecule has 5 rings (SSSR count). The van der Waals surface area contributed by atoms with Gasteiger partial charge in [0.1, 0.15) is 11.0 Å². The smallest absolute Gasteiger partial charge is 0.135 e. The van der Waals surface area contributed by atoms with Crippen LogP contribution in [0.25, 0.3) is 16.6 Å². The van der Waals surface area contributed by atoms with Crippen LogP contribution in [0.15, 0.2) is 59.2 Å². The lowest BCUT2D eigenvalue weighted by molar-refractivity contribution is -0.0402. The second-order valence-corrected chi connectivity index (χ2v) is 6.78. The first-order valence-corrected chi connectivity index (χ1v) is 8.67. The number of benzene rings is 2. The van der Waals surface area contributed by atoms with Crippen molar-refractivity contribution in [3.05, 3.63) is 65.7 Å². The lowest BCUT2D eigenvalue weighted by Gasteiger charge is -2.44. The summed E-state index contributed by atoms with van der Waals surface area (Å²) in [4.78, 5) is 2.57. The van der Waals surface area contributed by atoms with Crippen LogP contribution in [-0.2, 0) is 11.3 Å². The number of hydrogen-bond acceptors (Lipinski definition) is 5. The summed E-state index contributed by atoms with van der Waals surface area (Å²) in [6.45, 7) is 2.50. The highest BCUT2D eigenvalue weighted by Crippen LogP contribution is 2.34. The fourth-order valence-corrected chi connectivity index (χ4v) is 3.90. The monoisotopic (exact) mass is 333 g/mol. The standard InChI is InChI=1S/C20H19N3O2/c1-2-4-14(5-3-1)11-23-17-8-16(9-18(23)13-24-12-17)15-6-7-19-20(10-15)22-25-21-19/h1-8,10,17-18H,9,11-13H2. The Kier molecular flexibility index (Phi) is 3.61. The molecule has 1 saturated heterocycles. The molecule has 0 radical (unpaired) electrons. The predicted octanol–water partition coefficient (Wildman–Crippen LogP) is 3.28. The maximum absolute atomic E-state index is 5.82. The van der Waals surface area contributed by atoms with Crippen molar-refractivity contribution in [2.45, 2.75) is 25.0 Å². The van der Waals surface area contributed by atoms with Gasteiger partial charge in [0.2, 0.25) is 0 Å². The Balaban J connectivity index is 1.45. The fourth-order valence-electron chi connectivity index (χ4n) is 3.90. The van der Waals surface area contributed by atoms with Gasteiger partial charge in [-0.3, -0.25) is 4.90 Å². The summed E-state index contributed by atoms with van der Waals surface area (Å²) >= 11 is 0. The largest absolute Gasteiger partial charge is 0.378 e. The highest BCUT2D eigenvalue weighted by Gasteiger charge is 2.34. The summed E-state index contributed by atoms with van der Waals surface area (Å²) < 4.78 is 10.6. The van der Waals surface area contributed by atoms with Crippen molar-refractivity contribution >= 4 is 16.6 Å². The number of fused-ring (bicyclic) bond motifs is 3. The van der Waals surface area contributed by atoms with Crippen molar-refractivity contribution in [1.82, 2.24) is 15.2 Å². The molecule has 2 aromatic carbocycles. The van der Waals surface area contributed by atoms with Crippen molar-refractivity contribution in [3.8, 4) is 0 Å². The Labute approximate surface area is 145 Å². The number of hydrogen-bond donors (Lipinski definition) is 0. The second-order valence-electron chi connectivity index (χ2n) is 6.78. The van der Waals surface area contributed by atoms with Gasteiger partial charge in [0, 0.05) is 12.6 Å². The Morgan fingerprint density at radius 3 is 2.76 bits per heavy atom. The number of nitrogens with zero attached hydrogens (tertiary/aromatic N) is 3. The number of morpholine rings is 1. The quantitative estimate of drug-likeness (QED) is 0.736. The Morgan fingerprint density at radius 2 is 1.88 bits per heavy atom. The molecule has 3 aromatic rings. The maximum atomic E-state index is 5.82. The molecule has 0 saturated carbocycles. The molecular formula is C20H19N3O2. The van der Waals surface area contributed by atoms with Crippen molar-refractivity contribution in [2.75, 3.05) is 13.2 Å². The molecule has 0 spiro atoms. The van der Waals surface area contributed by atoms with Crippen LogP contribution in [-0.4, -0.2) is 40.5 Å². The molecule has 2 aliphatic heterocycles. The minimum absolute atomic E-state index is 0.314. The lowest BCUT2D eigenvalue weighted by Crippen LogP contribution is -2.53. The van der Waals surface area contributed by atoms with E-state index in [0.29, 0.717) is 12.1 Å². The molecule has 2 atom stereocenters. The molecule has 0 amide bonds. The van der Waals surface area contributed by atoms with E-state index in [1.54, 1.807) is 0 Å². The Morgan fingerprint density at radius 1 is 1.00 bits per heavy atom. The van der Waals surface area contributed by atoms with E-state index >= 15 is 0 Å². The first-order chi connectivity index (χ1) is 12.4. The van der Waals surface area contributed by atoms with E-state index in [1.165, 1.54) is 16.7 Å². The zero-order chi connectivity index (χ0) is 16.6. The number of ether oxygens (including phenoxy) is 1. The summed E-state index contributed by atoms with van der Waals surface area (Å²) in [5, 5.41) is 7.86. The zero-order valence-electron chi connectivity index (χ0n) is 13.8. The van der Waals surface area contributed by atoms with E-state index in [-0.39, 0.29) is 0 Å². The SMILES string of the molecule is C1=C(c2ccc3nonc3c2)CC2COCC1N2Cc1ccccc1. The van der Waals surface area contributed by atoms with Crippen LogP contribution in [0.4, 0.5) is 0 Å². The zero-order valence-corrected chi connectivity index (χ0v) is 13.8. The highest BCUT2D eigenvalue weighted by atomic mass is 16.6. The predicted molar refractivity (Wildman–Crippen MR) is 94.8 cm³/mol. The van der Waals surface area contributed by atoms with E-state index in [1.807, 2.05) is 6.07 Å². The lowest BCUT2D eigenvalue weighted by atomic mass is 9.89. The van der Waals surface area contributed by atoms with Crippen molar-refractivity contribution < 1.29 is 9.37 Å². The third kappa shape index (κ3) is 2.75. The van der Waals surface area contributed by atoms with Gasteiger partial charge in [-0.25, -0.2) is 4.63 Å². The van der Waals surface area contributed by atoms with Crippen LogP contribution in [0.2, 0.25) is 0 Å². The average molecular weight is 333 g/mol. The van der Waals surface area contributed by atoms with Crippen LogP contribution in [0.1, 0.15) is 17.5 Å². The molecule has 2 bridgehead atoms.